The highest BCUT2D eigenvalue weighted by Crippen LogP contribution is 2.21. The van der Waals surface area contributed by atoms with E-state index in [1.807, 2.05) is 24.3 Å². The summed E-state index contributed by atoms with van der Waals surface area (Å²) in [6.45, 7) is 4.14. The third-order valence-electron chi connectivity index (χ3n) is 3.03. The van der Waals surface area contributed by atoms with Crippen molar-refractivity contribution in [1.82, 2.24) is 5.43 Å². The molecule has 0 fully saturated rings. The molecule has 0 aliphatic rings. The zero-order valence-electron chi connectivity index (χ0n) is 11.6. The molecule has 3 N–H and O–H groups in total. The molecule has 0 saturated heterocycles. The van der Waals surface area contributed by atoms with Crippen molar-refractivity contribution in [3.63, 3.8) is 0 Å². The minimum Gasteiger partial charge on any atom is -0.485 e. The maximum atomic E-state index is 11.5. The van der Waals surface area contributed by atoms with E-state index in [1.165, 1.54) is 0 Å². The molecule has 20 heavy (non-hydrogen) atoms. The summed E-state index contributed by atoms with van der Waals surface area (Å²) in [4.78, 5) is 11.5. The molecule has 2 aromatic rings. The molecular weight excluding hydrogens is 256 g/mol. The van der Waals surface area contributed by atoms with Crippen LogP contribution in [0.5, 0.6) is 5.75 Å². The number of rotatable bonds is 5. The van der Waals surface area contributed by atoms with Gasteiger partial charge in [-0.25, -0.2) is 5.84 Å². The van der Waals surface area contributed by atoms with Gasteiger partial charge in [-0.2, -0.15) is 0 Å². The molecule has 0 atom stereocenters. The number of nitrogen functional groups attached to an aromatic ring is 1. The van der Waals surface area contributed by atoms with Crippen molar-refractivity contribution in [2.75, 3.05) is 0 Å². The third-order valence-corrected chi connectivity index (χ3v) is 3.03. The van der Waals surface area contributed by atoms with Crippen LogP contribution in [-0.2, 0) is 13.0 Å². The first-order chi connectivity index (χ1) is 9.65. The second-order valence-corrected chi connectivity index (χ2v) is 4.45. The molecule has 106 valence electrons. The Morgan fingerprint density at radius 1 is 1.40 bits per heavy atom. The van der Waals surface area contributed by atoms with Crippen molar-refractivity contribution < 1.29 is 13.9 Å². The summed E-state index contributed by atoms with van der Waals surface area (Å²) in [6.07, 6.45) is 0.897. The molecule has 0 spiro atoms. The molecule has 0 saturated carbocycles. The van der Waals surface area contributed by atoms with Crippen LogP contribution in [0.2, 0.25) is 0 Å². The smallest absolute Gasteiger partial charge is 0.301 e. The normalized spacial score (nSPS) is 10.3. The molecule has 0 bridgehead atoms. The molecular formula is C15H18N2O3. The predicted octanol–water partition coefficient (Wildman–Crippen LogP) is 2.33. The van der Waals surface area contributed by atoms with Gasteiger partial charge in [0.15, 0.2) is 5.76 Å². The minimum absolute atomic E-state index is 0.217. The van der Waals surface area contributed by atoms with Crippen LogP contribution in [0, 0.1) is 6.92 Å². The lowest BCUT2D eigenvalue weighted by Gasteiger charge is -2.08. The quantitative estimate of drug-likeness (QED) is 0.498. The van der Waals surface area contributed by atoms with E-state index < -0.39 is 5.91 Å². The first-order valence-corrected chi connectivity index (χ1v) is 6.46. The van der Waals surface area contributed by atoms with Crippen LogP contribution in [0.1, 0.15) is 34.4 Å². The van der Waals surface area contributed by atoms with Crippen LogP contribution in [0.4, 0.5) is 0 Å². The highest BCUT2D eigenvalue weighted by molar-refractivity contribution is 5.92. The zero-order valence-corrected chi connectivity index (χ0v) is 11.6. The van der Waals surface area contributed by atoms with Gasteiger partial charge in [-0.15, -0.1) is 0 Å². The number of hydrogen-bond acceptors (Lipinski definition) is 4. The lowest BCUT2D eigenvalue weighted by Crippen LogP contribution is -2.30. The third kappa shape index (κ3) is 3.00. The lowest BCUT2D eigenvalue weighted by atomic mass is 10.1. The van der Waals surface area contributed by atoms with E-state index in [0.717, 1.165) is 23.3 Å². The monoisotopic (exact) mass is 274 g/mol. The van der Waals surface area contributed by atoms with Gasteiger partial charge in [-0.1, -0.05) is 25.1 Å². The summed E-state index contributed by atoms with van der Waals surface area (Å²) < 4.78 is 11.2. The topological polar surface area (TPSA) is 77.5 Å². The number of hydrogen-bond donors (Lipinski definition) is 2. The zero-order chi connectivity index (χ0) is 14.5. The second-order valence-electron chi connectivity index (χ2n) is 4.45. The molecule has 0 aliphatic heterocycles. The van der Waals surface area contributed by atoms with Gasteiger partial charge in [0.25, 0.3) is 0 Å². The van der Waals surface area contributed by atoms with E-state index in [2.05, 4.69) is 12.3 Å². The maximum Gasteiger partial charge on any atom is 0.301 e. The molecule has 0 radical (unpaired) electrons. The van der Waals surface area contributed by atoms with Gasteiger partial charge in [0.2, 0.25) is 0 Å². The van der Waals surface area contributed by atoms with Crippen LogP contribution < -0.4 is 16.0 Å². The number of para-hydroxylation sites is 1. The van der Waals surface area contributed by atoms with Crippen molar-refractivity contribution in [3.8, 4) is 5.75 Å². The average Bonchev–Trinajstić information content (AvgIpc) is 2.85. The second kappa shape index (κ2) is 6.25. The number of amides is 1. The molecule has 1 amide bonds. The molecule has 1 heterocycles. The number of aryl methyl sites for hydroxylation is 2. The number of carbonyl (C=O) groups excluding carboxylic acids is 1. The number of ether oxygens (including phenoxy) is 1. The fourth-order valence-electron chi connectivity index (χ4n) is 2.00. The minimum atomic E-state index is -0.442. The Morgan fingerprint density at radius 3 is 2.85 bits per heavy atom. The summed E-state index contributed by atoms with van der Waals surface area (Å²) >= 11 is 0. The Hall–Kier alpha value is -2.27. The number of furan rings is 1. The van der Waals surface area contributed by atoms with Crippen molar-refractivity contribution in [2.45, 2.75) is 26.9 Å². The van der Waals surface area contributed by atoms with Crippen molar-refractivity contribution >= 4 is 5.91 Å². The van der Waals surface area contributed by atoms with E-state index in [1.54, 1.807) is 13.0 Å². The van der Waals surface area contributed by atoms with Crippen LogP contribution in [0.3, 0.4) is 0 Å². The summed E-state index contributed by atoms with van der Waals surface area (Å²) in [7, 11) is 0. The van der Waals surface area contributed by atoms with Gasteiger partial charge in [0, 0.05) is 5.56 Å². The number of carbonyl (C=O) groups is 1. The van der Waals surface area contributed by atoms with E-state index in [9.17, 15) is 4.79 Å². The Bertz CT molecular complexity index is 605. The summed E-state index contributed by atoms with van der Waals surface area (Å²) in [5.41, 5.74) is 3.92. The number of benzene rings is 1. The summed E-state index contributed by atoms with van der Waals surface area (Å²) in [6, 6.07) is 9.62. The van der Waals surface area contributed by atoms with Crippen LogP contribution >= 0.6 is 0 Å². The molecule has 1 aromatic heterocycles. The van der Waals surface area contributed by atoms with Crippen LogP contribution in [-0.4, -0.2) is 5.91 Å². The van der Waals surface area contributed by atoms with Crippen molar-refractivity contribution in [2.24, 2.45) is 5.84 Å². The van der Waals surface area contributed by atoms with Gasteiger partial charge >= 0.3 is 5.91 Å². The largest absolute Gasteiger partial charge is 0.485 e. The molecule has 5 nitrogen and oxygen atoms in total. The van der Waals surface area contributed by atoms with Gasteiger partial charge in [0.1, 0.15) is 18.1 Å². The number of nitrogens with two attached hydrogens (primary N) is 1. The molecule has 0 aliphatic carbocycles. The standard InChI is InChI=1S/C15H18N2O3/c1-3-11-6-4-5-7-13(11)19-9-12-8-10(2)14(20-12)15(18)17-16/h4-8H,3,9,16H2,1-2H3,(H,17,18). The van der Waals surface area contributed by atoms with E-state index >= 15 is 0 Å². The fourth-order valence-corrected chi connectivity index (χ4v) is 2.00. The Balaban J connectivity index is 2.10. The predicted molar refractivity (Wildman–Crippen MR) is 75.3 cm³/mol. The summed E-state index contributed by atoms with van der Waals surface area (Å²) in [5, 5.41) is 0. The van der Waals surface area contributed by atoms with Gasteiger partial charge in [-0.3, -0.25) is 10.2 Å². The van der Waals surface area contributed by atoms with Crippen LogP contribution in [0.25, 0.3) is 0 Å². The molecule has 0 unspecified atom stereocenters. The molecule has 2 rings (SSSR count). The summed E-state index contributed by atoms with van der Waals surface area (Å²) in [5.74, 6) is 6.29. The van der Waals surface area contributed by atoms with Gasteiger partial charge < -0.3 is 9.15 Å². The van der Waals surface area contributed by atoms with Crippen molar-refractivity contribution in [1.29, 1.82) is 0 Å². The Morgan fingerprint density at radius 2 is 2.15 bits per heavy atom. The highest BCUT2D eigenvalue weighted by atomic mass is 16.5. The van der Waals surface area contributed by atoms with E-state index in [-0.39, 0.29) is 12.4 Å². The van der Waals surface area contributed by atoms with E-state index in [4.69, 9.17) is 15.0 Å². The SMILES string of the molecule is CCc1ccccc1OCc1cc(C)c(C(=O)NN)o1. The fraction of sp³-hybridized carbons (Fsp3) is 0.267. The number of hydrazine groups is 1. The average molecular weight is 274 g/mol. The highest BCUT2D eigenvalue weighted by Gasteiger charge is 2.15. The molecule has 5 heteroatoms. The van der Waals surface area contributed by atoms with E-state index in [0.29, 0.717) is 5.76 Å². The Kier molecular flexibility index (Phi) is 4.42. The first kappa shape index (κ1) is 14.1. The first-order valence-electron chi connectivity index (χ1n) is 6.46. The maximum absolute atomic E-state index is 11.5. The van der Waals surface area contributed by atoms with Crippen LogP contribution in [0.15, 0.2) is 34.7 Å². The van der Waals surface area contributed by atoms with Gasteiger partial charge in [-0.05, 0) is 31.0 Å². The lowest BCUT2D eigenvalue weighted by molar-refractivity contribution is 0.0921. The number of nitrogens with one attached hydrogen (secondary N) is 1. The van der Waals surface area contributed by atoms with Crippen molar-refractivity contribution in [3.05, 3.63) is 53.0 Å². The van der Waals surface area contributed by atoms with Gasteiger partial charge in [0.05, 0.1) is 0 Å². The Labute approximate surface area is 117 Å². The molecule has 1 aromatic carbocycles.